The summed E-state index contributed by atoms with van der Waals surface area (Å²) in [6, 6.07) is 13.3. The molecule has 0 bridgehead atoms. The normalized spacial score (nSPS) is 10.9. The zero-order valence-corrected chi connectivity index (χ0v) is 19.5. The van der Waals surface area contributed by atoms with Crippen LogP contribution in [0.15, 0.2) is 59.0 Å². The molecule has 0 fully saturated rings. The first kappa shape index (κ1) is 22.4. The zero-order chi connectivity index (χ0) is 23.5. The molecular weight excluding hydrogens is 436 g/mol. The van der Waals surface area contributed by atoms with Gasteiger partial charge < -0.3 is 10.6 Å². The molecular formula is C25H24N4O3S. The molecule has 33 heavy (non-hydrogen) atoms. The monoisotopic (exact) mass is 460 g/mol. The van der Waals surface area contributed by atoms with Crippen molar-refractivity contribution in [3.63, 3.8) is 0 Å². The number of aryl methyl sites for hydroxylation is 2. The number of hydrogen-bond acceptors (Lipinski definition) is 5. The van der Waals surface area contributed by atoms with E-state index >= 15 is 0 Å². The highest BCUT2D eigenvalue weighted by atomic mass is 32.1. The Labute approximate surface area is 195 Å². The molecule has 2 amide bonds. The molecule has 0 radical (unpaired) electrons. The number of nitrogens with one attached hydrogen (secondary N) is 2. The largest absolute Gasteiger partial charge is 0.326 e. The second-order valence-electron chi connectivity index (χ2n) is 7.90. The molecule has 2 aromatic heterocycles. The first-order chi connectivity index (χ1) is 15.8. The summed E-state index contributed by atoms with van der Waals surface area (Å²) >= 11 is 1.44. The predicted octanol–water partition coefficient (Wildman–Crippen LogP) is 4.73. The number of nitrogens with zero attached hydrogens (tertiary/aromatic N) is 2. The minimum atomic E-state index is -0.228. The lowest BCUT2D eigenvalue weighted by Crippen LogP contribution is -2.23. The predicted molar refractivity (Wildman–Crippen MR) is 133 cm³/mol. The Bertz CT molecular complexity index is 1400. The van der Waals surface area contributed by atoms with Crippen LogP contribution in [0.5, 0.6) is 0 Å². The van der Waals surface area contributed by atoms with Gasteiger partial charge in [0.1, 0.15) is 4.83 Å². The summed E-state index contributed by atoms with van der Waals surface area (Å²) in [5.74, 6) is -0.406. The third kappa shape index (κ3) is 4.85. The third-order valence-electron chi connectivity index (χ3n) is 5.42. The van der Waals surface area contributed by atoms with E-state index in [4.69, 9.17) is 0 Å². The third-order valence-corrected chi connectivity index (χ3v) is 6.31. The summed E-state index contributed by atoms with van der Waals surface area (Å²) in [4.78, 5) is 42.2. The molecule has 0 spiro atoms. The standard InChI is InChI=1S/C25H24N4O3S/c1-15-7-9-18(10-8-15)19-13-33-24-23(19)25(32)29(14-26-24)12-11-22(31)28-21-6-4-5-20(16(21)2)27-17(3)30/h4-10,13-14H,11-12H2,1-3H3,(H,27,30)(H,28,31). The molecule has 7 nitrogen and oxygen atoms in total. The Morgan fingerprint density at radius 2 is 1.73 bits per heavy atom. The fraction of sp³-hybridized carbons (Fsp3) is 0.200. The van der Waals surface area contributed by atoms with Gasteiger partial charge in [0.2, 0.25) is 11.8 Å². The SMILES string of the molecule is CC(=O)Nc1cccc(NC(=O)CCn2cnc3scc(-c4ccc(C)cc4)c3c2=O)c1C. The van der Waals surface area contributed by atoms with Crippen LogP contribution >= 0.6 is 11.3 Å². The van der Waals surface area contributed by atoms with Crippen LogP contribution in [0, 0.1) is 13.8 Å². The summed E-state index contributed by atoms with van der Waals surface area (Å²) in [5.41, 5.74) is 4.85. The lowest BCUT2D eigenvalue weighted by atomic mass is 10.1. The van der Waals surface area contributed by atoms with E-state index in [1.54, 1.807) is 18.2 Å². The van der Waals surface area contributed by atoms with E-state index in [0.29, 0.717) is 21.6 Å². The Hall–Kier alpha value is -3.78. The van der Waals surface area contributed by atoms with Gasteiger partial charge in [0, 0.05) is 42.2 Å². The molecule has 0 aliphatic rings. The molecule has 2 heterocycles. The summed E-state index contributed by atoms with van der Waals surface area (Å²) in [6.45, 7) is 5.49. The number of anilines is 2. The van der Waals surface area contributed by atoms with E-state index in [9.17, 15) is 14.4 Å². The minimum absolute atomic E-state index is 0.112. The zero-order valence-electron chi connectivity index (χ0n) is 18.6. The van der Waals surface area contributed by atoms with Crippen LogP contribution in [0.4, 0.5) is 11.4 Å². The number of rotatable bonds is 6. The number of amides is 2. The van der Waals surface area contributed by atoms with Crippen molar-refractivity contribution in [2.75, 3.05) is 10.6 Å². The number of carbonyl (C=O) groups excluding carboxylic acids is 2. The maximum atomic E-state index is 13.2. The molecule has 2 N–H and O–H groups in total. The van der Waals surface area contributed by atoms with E-state index in [-0.39, 0.29) is 30.3 Å². The van der Waals surface area contributed by atoms with Crippen molar-refractivity contribution >= 4 is 44.7 Å². The average molecular weight is 461 g/mol. The Morgan fingerprint density at radius 1 is 1.03 bits per heavy atom. The lowest BCUT2D eigenvalue weighted by molar-refractivity contribution is -0.116. The molecule has 168 valence electrons. The van der Waals surface area contributed by atoms with Crippen molar-refractivity contribution in [3.05, 3.63) is 75.7 Å². The van der Waals surface area contributed by atoms with Crippen molar-refractivity contribution in [1.82, 2.24) is 9.55 Å². The topological polar surface area (TPSA) is 93.1 Å². The number of benzene rings is 2. The second-order valence-corrected chi connectivity index (χ2v) is 8.75. The van der Waals surface area contributed by atoms with Crippen LogP contribution < -0.4 is 16.2 Å². The van der Waals surface area contributed by atoms with Gasteiger partial charge in [-0.3, -0.25) is 19.0 Å². The summed E-state index contributed by atoms with van der Waals surface area (Å²) in [7, 11) is 0. The Kier molecular flexibility index (Phi) is 6.37. The highest BCUT2D eigenvalue weighted by Gasteiger charge is 2.14. The number of thiophene rings is 1. The minimum Gasteiger partial charge on any atom is -0.326 e. The molecule has 8 heteroatoms. The van der Waals surface area contributed by atoms with E-state index < -0.39 is 0 Å². The maximum Gasteiger partial charge on any atom is 0.262 e. The van der Waals surface area contributed by atoms with E-state index in [0.717, 1.165) is 22.3 Å². The van der Waals surface area contributed by atoms with Gasteiger partial charge in [-0.2, -0.15) is 0 Å². The lowest BCUT2D eigenvalue weighted by Gasteiger charge is -2.13. The van der Waals surface area contributed by atoms with Crippen LogP contribution in [0.25, 0.3) is 21.3 Å². The van der Waals surface area contributed by atoms with Crippen LogP contribution in [0.3, 0.4) is 0 Å². The summed E-state index contributed by atoms with van der Waals surface area (Å²) in [5, 5.41) is 8.13. The number of carbonyl (C=O) groups is 2. The van der Waals surface area contributed by atoms with Crippen molar-refractivity contribution in [2.24, 2.45) is 0 Å². The molecule has 4 rings (SSSR count). The van der Waals surface area contributed by atoms with Crippen molar-refractivity contribution in [1.29, 1.82) is 0 Å². The number of fused-ring (bicyclic) bond motifs is 1. The highest BCUT2D eigenvalue weighted by Crippen LogP contribution is 2.30. The molecule has 2 aromatic carbocycles. The van der Waals surface area contributed by atoms with Gasteiger partial charge in [0.25, 0.3) is 5.56 Å². The van der Waals surface area contributed by atoms with Crippen LogP contribution in [0.2, 0.25) is 0 Å². The van der Waals surface area contributed by atoms with E-state index in [1.165, 1.54) is 29.2 Å². The smallest absolute Gasteiger partial charge is 0.262 e. The number of aromatic nitrogens is 2. The van der Waals surface area contributed by atoms with Crippen LogP contribution in [-0.2, 0) is 16.1 Å². The van der Waals surface area contributed by atoms with Gasteiger partial charge in [-0.25, -0.2) is 4.98 Å². The molecule has 0 atom stereocenters. The van der Waals surface area contributed by atoms with Gasteiger partial charge in [-0.05, 0) is 37.1 Å². The van der Waals surface area contributed by atoms with Gasteiger partial charge in [-0.1, -0.05) is 35.9 Å². The fourth-order valence-corrected chi connectivity index (χ4v) is 4.51. The summed E-state index contributed by atoms with van der Waals surface area (Å²) < 4.78 is 1.48. The molecule has 0 saturated carbocycles. The van der Waals surface area contributed by atoms with Gasteiger partial charge in [-0.15, -0.1) is 11.3 Å². The quantitative estimate of drug-likeness (QED) is 0.435. The first-order valence-electron chi connectivity index (χ1n) is 10.5. The first-order valence-corrected chi connectivity index (χ1v) is 11.4. The average Bonchev–Trinajstić information content (AvgIpc) is 3.21. The molecule has 0 unspecified atom stereocenters. The van der Waals surface area contributed by atoms with Crippen LogP contribution in [0.1, 0.15) is 24.5 Å². The Balaban J connectivity index is 1.52. The van der Waals surface area contributed by atoms with Gasteiger partial charge in [0.05, 0.1) is 11.7 Å². The van der Waals surface area contributed by atoms with E-state index in [1.807, 2.05) is 43.5 Å². The van der Waals surface area contributed by atoms with Gasteiger partial charge in [0.15, 0.2) is 0 Å². The maximum absolute atomic E-state index is 13.2. The number of hydrogen-bond donors (Lipinski definition) is 2. The van der Waals surface area contributed by atoms with E-state index in [2.05, 4.69) is 15.6 Å². The molecule has 4 aromatic rings. The molecule has 0 aliphatic heterocycles. The van der Waals surface area contributed by atoms with Gasteiger partial charge >= 0.3 is 0 Å². The second kappa shape index (κ2) is 9.38. The molecule has 0 saturated heterocycles. The summed E-state index contributed by atoms with van der Waals surface area (Å²) in [6.07, 6.45) is 1.61. The molecule has 0 aliphatic carbocycles. The van der Waals surface area contributed by atoms with Crippen molar-refractivity contribution < 1.29 is 9.59 Å². The van der Waals surface area contributed by atoms with Crippen molar-refractivity contribution in [2.45, 2.75) is 33.7 Å². The van der Waals surface area contributed by atoms with Crippen LogP contribution in [-0.4, -0.2) is 21.4 Å². The van der Waals surface area contributed by atoms with Crippen molar-refractivity contribution in [3.8, 4) is 11.1 Å². The Morgan fingerprint density at radius 3 is 2.42 bits per heavy atom. The fourth-order valence-electron chi connectivity index (χ4n) is 3.60. The highest BCUT2D eigenvalue weighted by molar-refractivity contribution is 7.17.